The number of nitrogens with zero attached hydrogens (tertiary/aromatic N) is 1. The first kappa shape index (κ1) is 14.3. The summed E-state index contributed by atoms with van der Waals surface area (Å²) in [6, 6.07) is 8.55. The molecule has 0 aromatic heterocycles. The van der Waals surface area contributed by atoms with Crippen LogP contribution in [-0.4, -0.2) is 31.1 Å². The monoisotopic (exact) mass is 254 g/mol. The van der Waals surface area contributed by atoms with Gasteiger partial charge in [-0.25, -0.2) is 0 Å². The molecule has 0 aliphatic rings. The molecule has 1 aromatic carbocycles. The molecule has 0 unspecified atom stereocenters. The van der Waals surface area contributed by atoms with Crippen molar-refractivity contribution in [2.24, 2.45) is 0 Å². The van der Waals surface area contributed by atoms with Crippen LogP contribution in [0.3, 0.4) is 0 Å². The van der Waals surface area contributed by atoms with Crippen LogP contribution in [0.2, 0.25) is 5.02 Å². The third kappa shape index (κ3) is 4.97. The Bertz CT molecular complexity index is 324. The molecule has 0 amide bonds. The molecule has 1 rings (SSSR count). The lowest BCUT2D eigenvalue weighted by atomic mass is 10.1. The molecule has 0 heterocycles. The quantitative estimate of drug-likeness (QED) is 0.795. The Labute approximate surface area is 110 Å². The molecule has 2 nitrogen and oxygen atoms in total. The molecule has 96 valence electrons. The molecule has 3 heteroatoms. The molecule has 0 bridgehead atoms. The fourth-order valence-electron chi connectivity index (χ4n) is 2.07. The van der Waals surface area contributed by atoms with Gasteiger partial charge in [0, 0.05) is 29.8 Å². The Balaban J connectivity index is 2.32. The molecule has 0 radical (unpaired) electrons. The second kappa shape index (κ2) is 7.57. The molecule has 17 heavy (non-hydrogen) atoms. The lowest BCUT2D eigenvalue weighted by Crippen LogP contribution is -2.34. The Hall–Kier alpha value is -0.730. The van der Waals surface area contributed by atoms with Crippen molar-refractivity contribution in [3.63, 3.8) is 0 Å². The van der Waals surface area contributed by atoms with E-state index >= 15 is 0 Å². The molecular formula is C14H23ClN2. The smallest absolute Gasteiger partial charge is 0.0426 e. The Morgan fingerprint density at radius 3 is 2.59 bits per heavy atom. The molecule has 0 aliphatic carbocycles. The van der Waals surface area contributed by atoms with Crippen LogP contribution in [0.15, 0.2) is 24.3 Å². The lowest BCUT2D eigenvalue weighted by molar-refractivity contribution is 0.238. The van der Waals surface area contributed by atoms with E-state index in [9.17, 15) is 0 Å². The zero-order valence-corrected chi connectivity index (χ0v) is 11.8. The van der Waals surface area contributed by atoms with Gasteiger partial charge >= 0.3 is 0 Å². The maximum absolute atomic E-state index is 5.93. The average Bonchev–Trinajstić information content (AvgIpc) is 2.30. The molecule has 0 fully saturated rings. The second-order valence-corrected chi connectivity index (χ2v) is 4.82. The number of hydrogen-bond acceptors (Lipinski definition) is 2. The van der Waals surface area contributed by atoms with Gasteiger partial charge in [-0.3, -0.25) is 0 Å². The summed E-state index contributed by atoms with van der Waals surface area (Å²) >= 11 is 5.93. The first-order valence-electron chi connectivity index (χ1n) is 6.37. The van der Waals surface area contributed by atoms with Gasteiger partial charge in [0.15, 0.2) is 0 Å². The van der Waals surface area contributed by atoms with E-state index in [1.807, 2.05) is 24.3 Å². The summed E-state index contributed by atoms with van der Waals surface area (Å²) in [4.78, 5) is 2.41. The van der Waals surface area contributed by atoms with Crippen LogP contribution in [0.4, 0.5) is 5.69 Å². The average molecular weight is 255 g/mol. The maximum Gasteiger partial charge on any atom is 0.0426 e. The molecule has 0 atom stereocenters. The van der Waals surface area contributed by atoms with Crippen molar-refractivity contribution >= 4 is 17.3 Å². The Morgan fingerprint density at radius 1 is 1.29 bits per heavy atom. The summed E-state index contributed by atoms with van der Waals surface area (Å²) in [7, 11) is 2.19. The fourth-order valence-corrected chi connectivity index (χ4v) is 2.26. The van der Waals surface area contributed by atoms with E-state index in [2.05, 4.69) is 31.1 Å². The van der Waals surface area contributed by atoms with Gasteiger partial charge in [0.05, 0.1) is 0 Å². The van der Waals surface area contributed by atoms with E-state index in [0.717, 1.165) is 23.8 Å². The van der Waals surface area contributed by atoms with Gasteiger partial charge in [-0.05, 0) is 38.1 Å². The number of halogens is 1. The zero-order valence-electron chi connectivity index (χ0n) is 11.0. The Morgan fingerprint density at radius 2 is 2.00 bits per heavy atom. The topological polar surface area (TPSA) is 15.3 Å². The minimum Gasteiger partial charge on any atom is -0.384 e. The minimum absolute atomic E-state index is 0.691. The molecule has 0 aliphatic heterocycles. The molecular weight excluding hydrogens is 232 g/mol. The van der Waals surface area contributed by atoms with Crippen molar-refractivity contribution in [3.8, 4) is 0 Å². The van der Waals surface area contributed by atoms with E-state index in [1.54, 1.807) is 0 Å². The van der Waals surface area contributed by atoms with E-state index < -0.39 is 0 Å². The number of likely N-dealkylation sites (N-methyl/N-ethyl adjacent to an activating group) is 1. The lowest BCUT2D eigenvalue weighted by Gasteiger charge is -2.26. The summed E-state index contributed by atoms with van der Waals surface area (Å²) in [5, 5.41) is 4.17. The van der Waals surface area contributed by atoms with Crippen molar-refractivity contribution in [3.05, 3.63) is 29.3 Å². The standard InChI is InChI=1S/C14H23ClN2/c1-4-14(5-2)17(3)10-9-16-13-8-6-7-12(15)11-13/h6-8,11,14,16H,4-5,9-10H2,1-3H3. The molecule has 0 saturated carbocycles. The van der Waals surface area contributed by atoms with Crippen molar-refractivity contribution in [1.29, 1.82) is 0 Å². The highest BCUT2D eigenvalue weighted by molar-refractivity contribution is 6.30. The zero-order chi connectivity index (χ0) is 12.7. The third-order valence-electron chi connectivity index (χ3n) is 3.18. The van der Waals surface area contributed by atoms with Crippen molar-refractivity contribution in [2.45, 2.75) is 32.7 Å². The molecule has 0 saturated heterocycles. The summed E-state index contributed by atoms with van der Waals surface area (Å²) in [5.74, 6) is 0. The summed E-state index contributed by atoms with van der Waals surface area (Å²) in [6.07, 6.45) is 2.42. The van der Waals surface area contributed by atoms with E-state index in [-0.39, 0.29) is 0 Å². The van der Waals surface area contributed by atoms with E-state index in [4.69, 9.17) is 11.6 Å². The van der Waals surface area contributed by atoms with Crippen LogP contribution >= 0.6 is 11.6 Å². The number of anilines is 1. The van der Waals surface area contributed by atoms with Crippen molar-refractivity contribution < 1.29 is 0 Å². The van der Waals surface area contributed by atoms with E-state index in [0.29, 0.717) is 6.04 Å². The highest BCUT2D eigenvalue weighted by Crippen LogP contribution is 2.14. The largest absolute Gasteiger partial charge is 0.384 e. The number of nitrogens with one attached hydrogen (secondary N) is 1. The summed E-state index contributed by atoms with van der Waals surface area (Å²) < 4.78 is 0. The van der Waals surface area contributed by atoms with Crippen molar-refractivity contribution in [2.75, 3.05) is 25.5 Å². The van der Waals surface area contributed by atoms with Crippen LogP contribution < -0.4 is 5.32 Å². The number of benzene rings is 1. The summed E-state index contributed by atoms with van der Waals surface area (Å²) in [6.45, 7) is 6.50. The van der Waals surface area contributed by atoms with Gasteiger partial charge in [0.25, 0.3) is 0 Å². The van der Waals surface area contributed by atoms with Gasteiger partial charge in [-0.15, -0.1) is 0 Å². The maximum atomic E-state index is 5.93. The fraction of sp³-hybridized carbons (Fsp3) is 0.571. The van der Waals surface area contributed by atoms with Gasteiger partial charge in [-0.2, -0.15) is 0 Å². The van der Waals surface area contributed by atoms with Gasteiger partial charge < -0.3 is 10.2 Å². The van der Waals surface area contributed by atoms with Gasteiger partial charge in [0.2, 0.25) is 0 Å². The predicted molar refractivity (Wildman–Crippen MR) is 76.9 cm³/mol. The molecule has 0 spiro atoms. The normalized spacial score (nSPS) is 11.2. The first-order valence-corrected chi connectivity index (χ1v) is 6.74. The van der Waals surface area contributed by atoms with Gasteiger partial charge in [0.1, 0.15) is 0 Å². The number of rotatable bonds is 7. The SMILES string of the molecule is CCC(CC)N(C)CCNc1cccc(Cl)c1. The number of hydrogen-bond donors (Lipinski definition) is 1. The molecule has 1 aromatic rings. The van der Waals surface area contributed by atoms with Crippen molar-refractivity contribution in [1.82, 2.24) is 4.90 Å². The van der Waals surface area contributed by atoms with Gasteiger partial charge in [-0.1, -0.05) is 31.5 Å². The highest BCUT2D eigenvalue weighted by Gasteiger charge is 2.09. The van der Waals surface area contributed by atoms with Crippen LogP contribution in [0.5, 0.6) is 0 Å². The molecule has 1 N–H and O–H groups in total. The first-order chi connectivity index (χ1) is 8.17. The highest BCUT2D eigenvalue weighted by atomic mass is 35.5. The summed E-state index contributed by atoms with van der Waals surface area (Å²) in [5.41, 5.74) is 1.09. The Kier molecular flexibility index (Phi) is 6.38. The van der Waals surface area contributed by atoms with Crippen LogP contribution in [0, 0.1) is 0 Å². The van der Waals surface area contributed by atoms with Crippen LogP contribution in [-0.2, 0) is 0 Å². The predicted octanol–water partition coefficient (Wildman–Crippen LogP) is 3.87. The third-order valence-corrected chi connectivity index (χ3v) is 3.42. The van der Waals surface area contributed by atoms with Crippen LogP contribution in [0.25, 0.3) is 0 Å². The minimum atomic E-state index is 0.691. The van der Waals surface area contributed by atoms with Crippen LogP contribution in [0.1, 0.15) is 26.7 Å². The second-order valence-electron chi connectivity index (χ2n) is 4.39. The van der Waals surface area contributed by atoms with E-state index in [1.165, 1.54) is 12.8 Å².